The Morgan fingerprint density at radius 1 is 1.55 bits per heavy atom. The van der Waals surface area contributed by atoms with Gasteiger partial charge in [-0.3, -0.25) is 9.69 Å². The van der Waals surface area contributed by atoms with E-state index < -0.39 is 0 Å². The van der Waals surface area contributed by atoms with Gasteiger partial charge in [-0.05, 0) is 39.4 Å². The van der Waals surface area contributed by atoms with Crippen LogP contribution >= 0.6 is 11.3 Å². The molecule has 7 heteroatoms. The number of nitrogens with zero attached hydrogens (tertiary/aromatic N) is 4. The number of aromatic nitrogens is 3. The molecule has 1 aliphatic heterocycles. The van der Waals surface area contributed by atoms with E-state index in [1.807, 2.05) is 14.0 Å². The van der Waals surface area contributed by atoms with Gasteiger partial charge in [0.2, 0.25) is 4.96 Å². The van der Waals surface area contributed by atoms with Crippen LogP contribution in [0.2, 0.25) is 0 Å². The molecule has 108 valence electrons. The Balaban J connectivity index is 1.75. The average Bonchev–Trinajstić information content (AvgIpc) is 2.97. The summed E-state index contributed by atoms with van der Waals surface area (Å²) in [5.74, 6) is 0.720. The zero-order valence-electron chi connectivity index (χ0n) is 11.8. The van der Waals surface area contributed by atoms with Gasteiger partial charge in [-0.1, -0.05) is 11.3 Å². The minimum atomic E-state index is -0.0931. The number of rotatable bonds is 4. The molecule has 20 heavy (non-hydrogen) atoms. The SMILES string of the molecule is CNCC1CCN(Cc2nn3c(=O)cc(C)nc3s2)C1. The third-order valence-electron chi connectivity index (χ3n) is 3.64. The van der Waals surface area contributed by atoms with E-state index in [4.69, 9.17) is 0 Å². The molecule has 3 rings (SSSR count). The third-order valence-corrected chi connectivity index (χ3v) is 4.53. The van der Waals surface area contributed by atoms with Crippen molar-refractivity contribution in [2.45, 2.75) is 19.9 Å². The lowest BCUT2D eigenvalue weighted by molar-refractivity contribution is 0.313. The van der Waals surface area contributed by atoms with Crippen LogP contribution in [-0.2, 0) is 6.54 Å². The van der Waals surface area contributed by atoms with Gasteiger partial charge in [-0.15, -0.1) is 0 Å². The molecule has 1 saturated heterocycles. The largest absolute Gasteiger partial charge is 0.319 e. The van der Waals surface area contributed by atoms with Gasteiger partial charge in [0.1, 0.15) is 5.01 Å². The summed E-state index contributed by atoms with van der Waals surface area (Å²) in [6, 6.07) is 1.52. The number of likely N-dealkylation sites (tertiary alicyclic amines) is 1. The summed E-state index contributed by atoms with van der Waals surface area (Å²) >= 11 is 1.51. The Hall–Kier alpha value is -1.31. The molecule has 6 nitrogen and oxygen atoms in total. The van der Waals surface area contributed by atoms with E-state index >= 15 is 0 Å². The molecule has 0 bridgehead atoms. The molecule has 2 aromatic heterocycles. The molecule has 0 spiro atoms. The zero-order chi connectivity index (χ0) is 14.1. The Morgan fingerprint density at radius 2 is 2.40 bits per heavy atom. The Morgan fingerprint density at radius 3 is 3.20 bits per heavy atom. The molecular weight excluding hydrogens is 274 g/mol. The van der Waals surface area contributed by atoms with Crippen molar-refractivity contribution < 1.29 is 0 Å². The van der Waals surface area contributed by atoms with E-state index in [0.29, 0.717) is 4.96 Å². The summed E-state index contributed by atoms with van der Waals surface area (Å²) in [6.07, 6.45) is 1.23. The van der Waals surface area contributed by atoms with E-state index in [-0.39, 0.29) is 5.56 Å². The first-order chi connectivity index (χ1) is 9.65. The molecule has 1 fully saturated rings. The molecule has 1 atom stereocenters. The Kier molecular flexibility index (Phi) is 3.82. The average molecular weight is 293 g/mol. The van der Waals surface area contributed by atoms with Crippen molar-refractivity contribution in [1.29, 1.82) is 0 Å². The van der Waals surface area contributed by atoms with Gasteiger partial charge in [0.25, 0.3) is 5.56 Å². The van der Waals surface area contributed by atoms with E-state index in [2.05, 4.69) is 20.3 Å². The fourth-order valence-electron chi connectivity index (χ4n) is 2.73. The van der Waals surface area contributed by atoms with Crippen LogP contribution < -0.4 is 10.9 Å². The summed E-state index contributed by atoms with van der Waals surface area (Å²) in [5, 5.41) is 8.59. The molecule has 0 amide bonds. The van der Waals surface area contributed by atoms with Crippen molar-refractivity contribution in [3.63, 3.8) is 0 Å². The van der Waals surface area contributed by atoms with E-state index in [1.165, 1.54) is 28.3 Å². The molecule has 2 aromatic rings. The second-order valence-electron chi connectivity index (χ2n) is 5.37. The minimum absolute atomic E-state index is 0.0931. The lowest BCUT2D eigenvalue weighted by Gasteiger charge is -2.13. The van der Waals surface area contributed by atoms with Crippen LogP contribution in [0.3, 0.4) is 0 Å². The summed E-state index contributed by atoms with van der Waals surface area (Å²) in [7, 11) is 2.00. The van der Waals surface area contributed by atoms with Crippen LogP contribution in [-0.4, -0.2) is 46.2 Å². The van der Waals surface area contributed by atoms with Crippen LogP contribution in [0.4, 0.5) is 0 Å². The fraction of sp³-hybridized carbons (Fsp3) is 0.615. The second kappa shape index (κ2) is 5.59. The summed E-state index contributed by atoms with van der Waals surface area (Å²) in [4.78, 5) is 19.3. The van der Waals surface area contributed by atoms with Crippen molar-refractivity contribution in [3.8, 4) is 0 Å². The van der Waals surface area contributed by atoms with Crippen molar-refractivity contribution in [2.24, 2.45) is 5.92 Å². The number of hydrogen-bond donors (Lipinski definition) is 1. The monoisotopic (exact) mass is 293 g/mol. The topological polar surface area (TPSA) is 62.5 Å². The van der Waals surface area contributed by atoms with Crippen LogP contribution in [0.1, 0.15) is 17.1 Å². The maximum Gasteiger partial charge on any atom is 0.275 e. The maximum atomic E-state index is 11.8. The zero-order valence-corrected chi connectivity index (χ0v) is 12.6. The number of fused-ring (bicyclic) bond motifs is 1. The molecule has 3 heterocycles. The molecule has 0 radical (unpaired) electrons. The van der Waals surface area contributed by atoms with Gasteiger partial charge in [-0.25, -0.2) is 4.98 Å². The lowest BCUT2D eigenvalue weighted by Crippen LogP contribution is -2.24. The van der Waals surface area contributed by atoms with Gasteiger partial charge < -0.3 is 5.32 Å². The third kappa shape index (κ3) is 2.74. The summed E-state index contributed by atoms with van der Waals surface area (Å²) in [5.41, 5.74) is 0.657. The highest BCUT2D eigenvalue weighted by molar-refractivity contribution is 7.16. The fourth-order valence-corrected chi connectivity index (χ4v) is 3.71. The van der Waals surface area contributed by atoms with Crippen molar-refractivity contribution in [1.82, 2.24) is 24.8 Å². The predicted molar refractivity (Wildman–Crippen MR) is 79.2 cm³/mol. The lowest BCUT2D eigenvalue weighted by atomic mass is 10.1. The maximum absolute atomic E-state index is 11.8. The van der Waals surface area contributed by atoms with Gasteiger partial charge >= 0.3 is 0 Å². The van der Waals surface area contributed by atoms with Crippen LogP contribution in [0.5, 0.6) is 0 Å². The molecule has 1 unspecified atom stereocenters. The molecule has 0 aliphatic carbocycles. The van der Waals surface area contributed by atoms with Crippen LogP contribution in [0.15, 0.2) is 10.9 Å². The number of aryl methyl sites for hydroxylation is 1. The predicted octanol–water partition coefficient (Wildman–Crippen LogP) is 0.501. The van der Waals surface area contributed by atoms with E-state index in [9.17, 15) is 4.79 Å². The molecule has 0 aromatic carbocycles. The highest BCUT2D eigenvalue weighted by Gasteiger charge is 2.23. The highest BCUT2D eigenvalue weighted by atomic mass is 32.1. The smallest absolute Gasteiger partial charge is 0.275 e. The molecule has 1 aliphatic rings. The highest BCUT2D eigenvalue weighted by Crippen LogP contribution is 2.20. The second-order valence-corrected chi connectivity index (χ2v) is 6.41. The van der Waals surface area contributed by atoms with Crippen LogP contribution in [0.25, 0.3) is 4.96 Å². The molecule has 1 N–H and O–H groups in total. The first-order valence-corrected chi connectivity index (χ1v) is 7.70. The van der Waals surface area contributed by atoms with E-state index in [1.54, 1.807) is 0 Å². The molecular formula is C13H19N5OS. The standard InChI is InChI=1S/C13H19N5OS/c1-9-5-12(19)18-13(15-9)20-11(16-18)8-17-4-3-10(7-17)6-14-2/h5,10,14H,3-4,6-8H2,1-2H3. The van der Waals surface area contributed by atoms with Gasteiger partial charge in [0.15, 0.2) is 0 Å². The first-order valence-electron chi connectivity index (χ1n) is 6.89. The molecule has 0 saturated carbocycles. The van der Waals surface area contributed by atoms with Crippen LogP contribution in [0, 0.1) is 12.8 Å². The first kappa shape index (κ1) is 13.7. The van der Waals surface area contributed by atoms with Crippen molar-refractivity contribution in [3.05, 3.63) is 27.1 Å². The Bertz CT molecular complexity index is 664. The quantitative estimate of drug-likeness (QED) is 0.889. The van der Waals surface area contributed by atoms with Gasteiger partial charge in [0.05, 0.1) is 6.54 Å². The summed E-state index contributed by atoms with van der Waals surface area (Å²) in [6.45, 7) is 5.91. The minimum Gasteiger partial charge on any atom is -0.319 e. The number of hydrogen-bond acceptors (Lipinski definition) is 6. The van der Waals surface area contributed by atoms with Crippen molar-refractivity contribution >= 4 is 16.3 Å². The van der Waals surface area contributed by atoms with Gasteiger partial charge in [-0.2, -0.15) is 9.61 Å². The number of nitrogens with one attached hydrogen (secondary N) is 1. The van der Waals surface area contributed by atoms with Crippen molar-refractivity contribution in [2.75, 3.05) is 26.7 Å². The summed E-state index contributed by atoms with van der Waals surface area (Å²) < 4.78 is 1.41. The Labute approximate surface area is 121 Å². The van der Waals surface area contributed by atoms with E-state index in [0.717, 1.165) is 42.8 Å². The normalized spacial score (nSPS) is 20.0. The van der Waals surface area contributed by atoms with Gasteiger partial charge in [0, 0.05) is 18.3 Å².